The smallest absolute Gasteiger partial charge is 0.0606 e. The molecule has 0 aromatic heterocycles. The molecule has 0 saturated heterocycles. The molecule has 21 heavy (non-hydrogen) atoms. The standard InChI is InChI=1S/C17H25ClN2O/c18-16-6-3-7-17(15(16)12-19-13-8-9-13)20(10-11-21)14-4-1-2-5-14/h3,6-7,13-14,19,21H,1-2,4-5,8-12H2. The Morgan fingerprint density at radius 1 is 1.19 bits per heavy atom. The first kappa shape index (κ1) is 15.1. The van der Waals surface area contributed by atoms with Gasteiger partial charge in [-0.25, -0.2) is 0 Å². The number of nitrogens with one attached hydrogen (secondary N) is 1. The average molecular weight is 309 g/mol. The SMILES string of the molecule is OCCN(c1cccc(Cl)c1CNC1CC1)C1CCCC1. The molecule has 0 spiro atoms. The maximum Gasteiger partial charge on any atom is 0.0606 e. The molecule has 1 aromatic carbocycles. The summed E-state index contributed by atoms with van der Waals surface area (Å²) >= 11 is 6.46. The molecule has 3 nitrogen and oxygen atoms in total. The van der Waals surface area contributed by atoms with E-state index in [0.717, 1.165) is 11.6 Å². The van der Waals surface area contributed by atoms with E-state index in [4.69, 9.17) is 11.6 Å². The van der Waals surface area contributed by atoms with Crippen LogP contribution in [0.5, 0.6) is 0 Å². The van der Waals surface area contributed by atoms with Gasteiger partial charge in [-0.2, -0.15) is 0 Å². The Hall–Kier alpha value is -0.770. The molecule has 3 rings (SSSR count). The Morgan fingerprint density at radius 2 is 1.95 bits per heavy atom. The van der Waals surface area contributed by atoms with E-state index in [1.54, 1.807) is 0 Å². The summed E-state index contributed by atoms with van der Waals surface area (Å²) in [4.78, 5) is 2.38. The fraction of sp³-hybridized carbons (Fsp3) is 0.647. The Bertz CT molecular complexity index is 470. The fourth-order valence-corrected chi connectivity index (χ4v) is 3.58. The van der Waals surface area contributed by atoms with Crippen molar-refractivity contribution < 1.29 is 5.11 Å². The Labute approximate surface area is 132 Å². The van der Waals surface area contributed by atoms with E-state index in [-0.39, 0.29) is 6.61 Å². The molecule has 0 unspecified atom stereocenters. The van der Waals surface area contributed by atoms with Crippen LogP contribution in [0.25, 0.3) is 0 Å². The Kier molecular flexibility index (Phi) is 5.04. The zero-order chi connectivity index (χ0) is 14.7. The molecular weight excluding hydrogens is 284 g/mol. The Balaban J connectivity index is 1.83. The molecule has 2 aliphatic rings. The predicted octanol–water partition coefficient (Wildman–Crippen LogP) is 3.33. The molecule has 116 valence electrons. The number of rotatable bonds is 7. The molecule has 2 fully saturated rings. The second-order valence-electron chi connectivity index (χ2n) is 6.25. The number of hydrogen-bond acceptors (Lipinski definition) is 3. The van der Waals surface area contributed by atoms with Crippen LogP contribution in [0.3, 0.4) is 0 Å². The number of nitrogens with zero attached hydrogens (tertiary/aromatic N) is 1. The molecule has 1 aromatic rings. The number of benzene rings is 1. The first-order chi connectivity index (χ1) is 10.3. The second kappa shape index (κ2) is 6.99. The van der Waals surface area contributed by atoms with Crippen LogP contribution < -0.4 is 10.2 Å². The van der Waals surface area contributed by atoms with Gasteiger partial charge in [-0.05, 0) is 37.8 Å². The third-order valence-electron chi connectivity index (χ3n) is 4.65. The van der Waals surface area contributed by atoms with Crippen molar-refractivity contribution in [3.8, 4) is 0 Å². The van der Waals surface area contributed by atoms with Crippen molar-refractivity contribution in [1.29, 1.82) is 0 Å². The molecule has 0 bridgehead atoms. The van der Waals surface area contributed by atoms with Gasteiger partial charge in [-0.1, -0.05) is 30.5 Å². The van der Waals surface area contributed by atoms with Crippen LogP contribution in [0.2, 0.25) is 5.02 Å². The van der Waals surface area contributed by atoms with Crippen molar-refractivity contribution in [3.63, 3.8) is 0 Å². The number of anilines is 1. The predicted molar refractivity (Wildman–Crippen MR) is 88.0 cm³/mol. The van der Waals surface area contributed by atoms with E-state index < -0.39 is 0 Å². The van der Waals surface area contributed by atoms with Crippen molar-refractivity contribution >= 4 is 17.3 Å². The molecule has 2 aliphatic carbocycles. The number of aliphatic hydroxyl groups is 1. The number of hydrogen-bond donors (Lipinski definition) is 2. The van der Waals surface area contributed by atoms with Crippen LogP contribution in [0, 0.1) is 0 Å². The van der Waals surface area contributed by atoms with E-state index in [9.17, 15) is 5.11 Å². The number of aliphatic hydroxyl groups excluding tert-OH is 1. The van der Waals surface area contributed by atoms with E-state index in [1.165, 1.54) is 49.8 Å². The summed E-state index contributed by atoms with van der Waals surface area (Å²) in [6.07, 6.45) is 7.60. The highest BCUT2D eigenvalue weighted by Crippen LogP contribution is 2.34. The Morgan fingerprint density at radius 3 is 2.62 bits per heavy atom. The quantitative estimate of drug-likeness (QED) is 0.811. The van der Waals surface area contributed by atoms with E-state index in [0.29, 0.717) is 18.6 Å². The van der Waals surface area contributed by atoms with Crippen molar-refractivity contribution in [1.82, 2.24) is 5.32 Å². The van der Waals surface area contributed by atoms with Gasteiger partial charge in [0.25, 0.3) is 0 Å². The van der Waals surface area contributed by atoms with Gasteiger partial charge < -0.3 is 15.3 Å². The molecule has 0 amide bonds. The van der Waals surface area contributed by atoms with Gasteiger partial charge in [0.15, 0.2) is 0 Å². The summed E-state index contributed by atoms with van der Waals surface area (Å²) in [6, 6.07) is 7.38. The average Bonchev–Trinajstić information content (AvgIpc) is 3.16. The van der Waals surface area contributed by atoms with Crippen LogP contribution in [-0.4, -0.2) is 30.3 Å². The third-order valence-corrected chi connectivity index (χ3v) is 5.01. The van der Waals surface area contributed by atoms with E-state index in [1.807, 2.05) is 12.1 Å². The summed E-state index contributed by atoms with van der Waals surface area (Å²) in [6.45, 7) is 1.72. The topological polar surface area (TPSA) is 35.5 Å². The zero-order valence-electron chi connectivity index (χ0n) is 12.5. The van der Waals surface area contributed by atoms with Crippen LogP contribution >= 0.6 is 11.6 Å². The maximum absolute atomic E-state index is 9.46. The van der Waals surface area contributed by atoms with E-state index >= 15 is 0 Å². The third kappa shape index (κ3) is 3.71. The van der Waals surface area contributed by atoms with Crippen LogP contribution in [0.4, 0.5) is 5.69 Å². The second-order valence-corrected chi connectivity index (χ2v) is 6.66. The largest absolute Gasteiger partial charge is 0.395 e. The first-order valence-corrected chi connectivity index (χ1v) is 8.55. The van der Waals surface area contributed by atoms with Gasteiger partial charge in [-0.3, -0.25) is 0 Å². The summed E-state index contributed by atoms with van der Waals surface area (Å²) in [5, 5.41) is 13.9. The van der Waals surface area contributed by atoms with Crippen molar-refractivity contribution in [2.45, 2.75) is 57.2 Å². The number of halogens is 1. The molecule has 2 N–H and O–H groups in total. The molecule has 2 saturated carbocycles. The molecule has 0 radical (unpaired) electrons. The lowest BCUT2D eigenvalue weighted by molar-refractivity contribution is 0.297. The molecule has 0 heterocycles. The molecule has 4 heteroatoms. The first-order valence-electron chi connectivity index (χ1n) is 8.18. The normalized spacial score (nSPS) is 19.1. The minimum absolute atomic E-state index is 0.193. The van der Waals surface area contributed by atoms with E-state index in [2.05, 4.69) is 16.3 Å². The summed E-state index contributed by atoms with van der Waals surface area (Å²) < 4.78 is 0. The lowest BCUT2D eigenvalue weighted by Gasteiger charge is -2.33. The van der Waals surface area contributed by atoms with Crippen LogP contribution in [0.1, 0.15) is 44.1 Å². The highest BCUT2D eigenvalue weighted by Gasteiger charge is 2.26. The summed E-state index contributed by atoms with van der Waals surface area (Å²) in [5.41, 5.74) is 2.39. The fourth-order valence-electron chi connectivity index (χ4n) is 3.35. The van der Waals surface area contributed by atoms with Crippen molar-refractivity contribution in [2.24, 2.45) is 0 Å². The zero-order valence-corrected chi connectivity index (χ0v) is 13.3. The van der Waals surface area contributed by atoms with Gasteiger partial charge in [0, 0.05) is 41.4 Å². The van der Waals surface area contributed by atoms with Gasteiger partial charge in [-0.15, -0.1) is 0 Å². The monoisotopic (exact) mass is 308 g/mol. The minimum atomic E-state index is 0.193. The lowest BCUT2D eigenvalue weighted by atomic mass is 10.1. The highest BCUT2D eigenvalue weighted by molar-refractivity contribution is 6.31. The van der Waals surface area contributed by atoms with Crippen molar-refractivity contribution in [2.75, 3.05) is 18.1 Å². The van der Waals surface area contributed by atoms with Gasteiger partial charge in [0.2, 0.25) is 0 Å². The summed E-state index contributed by atoms with van der Waals surface area (Å²) in [5.74, 6) is 0. The maximum atomic E-state index is 9.46. The van der Waals surface area contributed by atoms with Crippen LogP contribution in [-0.2, 0) is 6.54 Å². The highest BCUT2D eigenvalue weighted by atomic mass is 35.5. The molecule has 0 aliphatic heterocycles. The lowest BCUT2D eigenvalue weighted by Crippen LogP contribution is -2.36. The van der Waals surface area contributed by atoms with Gasteiger partial charge >= 0.3 is 0 Å². The van der Waals surface area contributed by atoms with Gasteiger partial charge in [0.1, 0.15) is 0 Å². The van der Waals surface area contributed by atoms with Crippen LogP contribution in [0.15, 0.2) is 18.2 Å². The molecular formula is C17H25ClN2O. The summed E-state index contributed by atoms with van der Waals surface area (Å²) in [7, 11) is 0. The van der Waals surface area contributed by atoms with Crippen molar-refractivity contribution in [3.05, 3.63) is 28.8 Å². The van der Waals surface area contributed by atoms with Gasteiger partial charge in [0.05, 0.1) is 6.61 Å². The minimum Gasteiger partial charge on any atom is -0.395 e. The molecule has 0 atom stereocenters.